The van der Waals surface area contributed by atoms with Gasteiger partial charge in [0.1, 0.15) is 5.84 Å². The van der Waals surface area contributed by atoms with Gasteiger partial charge in [0.05, 0.1) is 28.6 Å². The van der Waals surface area contributed by atoms with Crippen molar-refractivity contribution in [2.24, 2.45) is 21.6 Å². The van der Waals surface area contributed by atoms with Gasteiger partial charge in [-0.3, -0.25) is 4.57 Å². The summed E-state index contributed by atoms with van der Waals surface area (Å²) < 4.78 is 4.60. The maximum Gasteiger partial charge on any atom is 0.232 e. The van der Waals surface area contributed by atoms with Crippen LogP contribution in [0.4, 0.5) is 0 Å². The first-order valence-electron chi connectivity index (χ1n) is 15.0. The van der Waals surface area contributed by atoms with Gasteiger partial charge in [-0.15, -0.1) is 0 Å². The topological polar surface area (TPSA) is 60.6 Å². The summed E-state index contributed by atoms with van der Waals surface area (Å²) in [4.78, 5) is 10.3. The highest BCUT2D eigenvalue weighted by Gasteiger charge is 2.23. The maximum atomic E-state index is 6.77. The Morgan fingerprint density at radius 2 is 1.30 bits per heavy atom. The smallest absolute Gasteiger partial charge is 0.232 e. The Labute approximate surface area is 255 Å². The van der Waals surface area contributed by atoms with Crippen molar-refractivity contribution in [1.82, 2.24) is 9.13 Å². The first kappa shape index (κ1) is 26.0. The van der Waals surface area contributed by atoms with Crippen LogP contribution in [-0.2, 0) is 6.54 Å². The number of hydrogen-bond acceptors (Lipinski definition) is 1. The molecule has 0 aliphatic heterocycles. The summed E-state index contributed by atoms with van der Waals surface area (Å²) in [7, 11) is 0. The van der Waals surface area contributed by atoms with E-state index in [1.807, 2.05) is 24.3 Å². The normalized spacial score (nSPS) is 15.7. The van der Waals surface area contributed by atoms with Crippen molar-refractivity contribution in [1.29, 1.82) is 0 Å². The second-order valence-corrected chi connectivity index (χ2v) is 11.2. The summed E-state index contributed by atoms with van der Waals surface area (Å²) in [6, 6.07) is 42.5. The third-order valence-corrected chi connectivity index (χ3v) is 8.52. The number of allylic oxidation sites excluding steroid dienone is 3. The van der Waals surface area contributed by atoms with Gasteiger partial charge in [0.2, 0.25) is 5.96 Å². The molecule has 2 heterocycles. The molecule has 0 amide bonds. The van der Waals surface area contributed by atoms with Crippen molar-refractivity contribution in [3.05, 3.63) is 151 Å². The third kappa shape index (κ3) is 4.33. The van der Waals surface area contributed by atoms with Gasteiger partial charge in [-0.2, -0.15) is 4.99 Å². The highest BCUT2D eigenvalue weighted by molar-refractivity contribution is 6.26. The molecule has 1 atom stereocenters. The molecule has 0 radical (unpaired) electrons. The SMILES string of the molecule is N/C(=N\C(=NCc1ccccc1)n1c2ccccc2c2ccc3c4ccccc4n(-c4ccccc4)c3c21)C1C=CC=CC1. The molecule has 0 saturated heterocycles. The van der Waals surface area contributed by atoms with E-state index in [1.54, 1.807) is 0 Å². The number of benzene rings is 5. The minimum Gasteiger partial charge on any atom is -0.387 e. The van der Waals surface area contributed by atoms with E-state index in [0.29, 0.717) is 18.3 Å². The summed E-state index contributed by atoms with van der Waals surface area (Å²) in [5.41, 5.74) is 13.4. The molecule has 44 heavy (non-hydrogen) atoms. The molecule has 212 valence electrons. The Balaban J connectivity index is 1.50. The number of rotatable bonds is 4. The molecule has 7 aromatic rings. The van der Waals surface area contributed by atoms with Gasteiger partial charge < -0.3 is 10.3 Å². The summed E-state index contributed by atoms with van der Waals surface area (Å²) in [6.07, 6.45) is 9.17. The molecule has 2 aromatic heterocycles. The number of aromatic nitrogens is 2. The van der Waals surface area contributed by atoms with E-state index in [9.17, 15) is 0 Å². The fraction of sp³-hybridized carbons (Fsp3) is 0.0769. The fourth-order valence-electron chi connectivity index (χ4n) is 6.45. The van der Waals surface area contributed by atoms with Gasteiger partial charge in [0, 0.05) is 33.2 Å². The average Bonchev–Trinajstić information content (AvgIpc) is 3.61. The van der Waals surface area contributed by atoms with Crippen molar-refractivity contribution in [3.8, 4) is 5.69 Å². The number of nitrogens with zero attached hydrogens (tertiary/aromatic N) is 4. The van der Waals surface area contributed by atoms with E-state index in [4.69, 9.17) is 15.7 Å². The van der Waals surface area contributed by atoms with E-state index < -0.39 is 0 Å². The lowest BCUT2D eigenvalue weighted by Crippen LogP contribution is -2.26. The quantitative estimate of drug-likeness (QED) is 0.167. The molecule has 2 N–H and O–H groups in total. The van der Waals surface area contributed by atoms with Gasteiger partial charge in [0.25, 0.3) is 0 Å². The van der Waals surface area contributed by atoms with Crippen LogP contribution >= 0.6 is 0 Å². The minimum absolute atomic E-state index is 0.0193. The fourth-order valence-corrected chi connectivity index (χ4v) is 6.45. The Morgan fingerprint density at radius 1 is 0.659 bits per heavy atom. The molecule has 0 saturated carbocycles. The summed E-state index contributed by atoms with van der Waals surface area (Å²) >= 11 is 0. The zero-order chi connectivity index (χ0) is 29.5. The Kier molecular flexibility index (Phi) is 6.42. The van der Waals surface area contributed by atoms with Crippen LogP contribution in [0.5, 0.6) is 0 Å². The second-order valence-electron chi connectivity index (χ2n) is 11.2. The van der Waals surface area contributed by atoms with Crippen LogP contribution in [-0.4, -0.2) is 20.9 Å². The monoisotopic (exact) mass is 569 g/mol. The van der Waals surface area contributed by atoms with Gasteiger partial charge in [-0.05, 0) is 36.2 Å². The predicted octanol–water partition coefficient (Wildman–Crippen LogP) is 8.79. The second kappa shape index (κ2) is 10.9. The number of aliphatic imine (C=N–C) groups is 2. The molecular formula is C39H31N5. The number of para-hydroxylation sites is 3. The highest BCUT2D eigenvalue weighted by Crippen LogP contribution is 2.40. The summed E-state index contributed by atoms with van der Waals surface area (Å²) in [6.45, 7) is 0.485. The molecule has 1 aliphatic carbocycles. The van der Waals surface area contributed by atoms with E-state index in [0.717, 1.165) is 50.5 Å². The van der Waals surface area contributed by atoms with Crippen LogP contribution in [0.2, 0.25) is 0 Å². The molecule has 5 nitrogen and oxygen atoms in total. The standard InChI is InChI=1S/C39H31N5/c40-38(28-16-6-2-7-17-28)42-39(41-26-27-14-4-1-5-15-27)44-35-23-13-11-21-31(35)33-25-24-32-30-20-10-12-22-34(30)43(36(32)37(33)44)29-18-8-3-9-19-29/h1-16,18-25,28H,17,26H2,(H2,40,41,42). The average molecular weight is 570 g/mol. The molecule has 1 aliphatic rings. The van der Waals surface area contributed by atoms with Crippen molar-refractivity contribution < 1.29 is 0 Å². The molecule has 0 fully saturated rings. The first-order chi connectivity index (χ1) is 21.8. The van der Waals surface area contributed by atoms with Crippen molar-refractivity contribution in [2.75, 3.05) is 0 Å². The molecular weight excluding hydrogens is 538 g/mol. The lowest BCUT2D eigenvalue weighted by molar-refractivity contribution is 0.858. The first-order valence-corrected chi connectivity index (χ1v) is 15.0. The Hall–Kier alpha value is -5.68. The van der Waals surface area contributed by atoms with Gasteiger partial charge in [0.15, 0.2) is 0 Å². The largest absolute Gasteiger partial charge is 0.387 e. The molecule has 0 spiro atoms. The van der Waals surface area contributed by atoms with E-state index in [-0.39, 0.29) is 5.92 Å². The summed E-state index contributed by atoms with van der Waals surface area (Å²) in [5, 5.41) is 4.68. The van der Waals surface area contributed by atoms with E-state index >= 15 is 0 Å². The Bertz CT molecular complexity index is 2280. The highest BCUT2D eigenvalue weighted by atomic mass is 15.2. The minimum atomic E-state index is 0.0193. The number of amidine groups is 1. The maximum absolute atomic E-state index is 6.77. The van der Waals surface area contributed by atoms with Crippen molar-refractivity contribution >= 4 is 55.4 Å². The van der Waals surface area contributed by atoms with Crippen LogP contribution in [0.1, 0.15) is 12.0 Å². The van der Waals surface area contributed by atoms with Gasteiger partial charge in [-0.25, -0.2) is 4.99 Å². The van der Waals surface area contributed by atoms with Crippen LogP contribution in [0.15, 0.2) is 156 Å². The number of fused-ring (bicyclic) bond motifs is 7. The number of hydrogen-bond donors (Lipinski definition) is 1. The lowest BCUT2D eigenvalue weighted by atomic mass is 10.00. The molecule has 8 rings (SSSR count). The predicted molar refractivity (Wildman–Crippen MR) is 185 cm³/mol. The van der Waals surface area contributed by atoms with E-state index in [2.05, 4.69) is 130 Å². The molecule has 5 heteroatoms. The molecule has 0 bridgehead atoms. The molecule has 1 unspecified atom stereocenters. The van der Waals surface area contributed by atoms with Gasteiger partial charge >= 0.3 is 0 Å². The summed E-state index contributed by atoms with van der Waals surface area (Å²) in [5.74, 6) is 1.16. The lowest BCUT2D eigenvalue weighted by Gasteiger charge is -2.15. The Morgan fingerprint density at radius 3 is 2.02 bits per heavy atom. The van der Waals surface area contributed by atoms with Crippen LogP contribution in [0.3, 0.4) is 0 Å². The zero-order valence-electron chi connectivity index (χ0n) is 24.2. The third-order valence-electron chi connectivity index (χ3n) is 8.52. The van der Waals surface area contributed by atoms with Gasteiger partial charge in [-0.1, -0.05) is 121 Å². The van der Waals surface area contributed by atoms with Crippen LogP contribution < -0.4 is 5.73 Å². The number of nitrogens with two attached hydrogens (primary N) is 1. The zero-order valence-corrected chi connectivity index (χ0v) is 24.2. The van der Waals surface area contributed by atoms with E-state index in [1.165, 1.54) is 10.8 Å². The van der Waals surface area contributed by atoms with Crippen LogP contribution in [0, 0.1) is 5.92 Å². The van der Waals surface area contributed by atoms with Crippen molar-refractivity contribution in [2.45, 2.75) is 13.0 Å². The van der Waals surface area contributed by atoms with Crippen LogP contribution in [0.25, 0.3) is 49.3 Å². The van der Waals surface area contributed by atoms with Crippen molar-refractivity contribution in [3.63, 3.8) is 0 Å². The molecule has 5 aromatic carbocycles.